The second-order valence-corrected chi connectivity index (χ2v) is 5.60. The molecule has 1 aromatic carbocycles. The molecule has 0 aliphatic rings. The standard InChI is InChI=1S/C11H14N4O2S/c1-18(16,17)15-11-5-3-2-4-10(11)13-7-9-6-12-8-14-9/h2-6,8,13,15H,7H2,1H3,(H,12,14). The number of imidazole rings is 1. The van der Waals surface area contributed by atoms with Gasteiger partial charge in [-0.2, -0.15) is 0 Å². The van der Waals surface area contributed by atoms with Gasteiger partial charge in [-0.05, 0) is 12.1 Å². The molecule has 0 saturated carbocycles. The molecule has 2 rings (SSSR count). The molecule has 2 aromatic rings. The number of hydrogen-bond donors (Lipinski definition) is 3. The number of aromatic amines is 1. The van der Waals surface area contributed by atoms with Gasteiger partial charge in [-0.3, -0.25) is 4.72 Å². The van der Waals surface area contributed by atoms with Crippen LogP contribution < -0.4 is 10.0 Å². The fourth-order valence-corrected chi connectivity index (χ4v) is 2.08. The molecule has 0 saturated heterocycles. The van der Waals surface area contributed by atoms with Crippen molar-refractivity contribution in [2.45, 2.75) is 6.54 Å². The Kier molecular flexibility index (Phi) is 3.52. The first kappa shape index (κ1) is 12.4. The topological polar surface area (TPSA) is 86.9 Å². The van der Waals surface area contributed by atoms with E-state index in [1.807, 2.05) is 12.1 Å². The number of hydrogen-bond acceptors (Lipinski definition) is 4. The third kappa shape index (κ3) is 3.49. The molecule has 7 heteroatoms. The van der Waals surface area contributed by atoms with Gasteiger partial charge >= 0.3 is 0 Å². The Morgan fingerprint density at radius 3 is 2.61 bits per heavy atom. The van der Waals surface area contributed by atoms with E-state index in [1.54, 1.807) is 24.7 Å². The summed E-state index contributed by atoms with van der Waals surface area (Å²) < 4.78 is 24.9. The van der Waals surface area contributed by atoms with Gasteiger partial charge < -0.3 is 10.3 Å². The normalized spacial score (nSPS) is 11.2. The number of benzene rings is 1. The van der Waals surface area contributed by atoms with Gasteiger partial charge in [0.2, 0.25) is 10.0 Å². The third-order valence-electron chi connectivity index (χ3n) is 2.25. The summed E-state index contributed by atoms with van der Waals surface area (Å²) in [6.45, 7) is 0.544. The Morgan fingerprint density at radius 2 is 2.00 bits per heavy atom. The molecule has 6 nitrogen and oxygen atoms in total. The van der Waals surface area contributed by atoms with E-state index in [9.17, 15) is 8.42 Å². The van der Waals surface area contributed by atoms with Crippen LogP contribution in [0.5, 0.6) is 0 Å². The van der Waals surface area contributed by atoms with Crippen molar-refractivity contribution in [3.63, 3.8) is 0 Å². The molecule has 0 unspecified atom stereocenters. The van der Waals surface area contributed by atoms with Gasteiger partial charge in [0.1, 0.15) is 0 Å². The summed E-state index contributed by atoms with van der Waals surface area (Å²) in [7, 11) is -3.28. The van der Waals surface area contributed by atoms with Crippen molar-refractivity contribution in [1.29, 1.82) is 0 Å². The minimum absolute atomic E-state index is 0.527. The molecule has 0 spiro atoms. The minimum atomic E-state index is -3.28. The van der Waals surface area contributed by atoms with Gasteiger partial charge in [0.25, 0.3) is 0 Å². The zero-order chi connectivity index (χ0) is 13.0. The molecule has 0 bridgehead atoms. The van der Waals surface area contributed by atoms with Crippen molar-refractivity contribution in [2.24, 2.45) is 0 Å². The maximum atomic E-state index is 11.2. The van der Waals surface area contributed by atoms with Crippen LogP contribution in [0.25, 0.3) is 0 Å². The highest BCUT2D eigenvalue weighted by Gasteiger charge is 2.06. The molecule has 3 N–H and O–H groups in total. The zero-order valence-electron chi connectivity index (χ0n) is 9.84. The summed E-state index contributed by atoms with van der Waals surface area (Å²) in [6.07, 6.45) is 4.43. The molecule has 96 valence electrons. The quantitative estimate of drug-likeness (QED) is 0.763. The van der Waals surface area contributed by atoms with Crippen LogP contribution in [-0.2, 0) is 16.6 Å². The molecule has 0 amide bonds. The van der Waals surface area contributed by atoms with Gasteiger partial charge in [-0.25, -0.2) is 13.4 Å². The van der Waals surface area contributed by atoms with Crippen LogP contribution in [-0.4, -0.2) is 24.6 Å². The van der Waals surface area contributed by atoms with Crippen molar-refractivity contribution in [3.8, 4) is 0 Å². The first-order chi connectivity index (χ1) is 8.54. The smallest absolute Gasteiger partial charge is 0.229 e. The Morgan fingerprint density at radius 1 is 1.28 bits per heavy atom. The minimum Gasteiger partial charge on any atom is -0.378 e. The molecule has 0 radical (unpaired) electrons. The molecule has 0 fully saturated rings. The molecular weight excluding hydrogens is 252 g/mol. The van der Waals surface area contributed by atoms with Crippen molar-refractivity contribution < 1.29 is 8.42 Å². The van der Waals surface area contributed by atoms with Crippen LogP contribution >= 0.6 is 0 Å². The first-order valence-electron chi connectivity index (χ1n) is 5.32. The number of H-pyrrole nitrogens is 1. The fourth-order valence-electron chi connectivity index (χ4n) is 1.50. The van der Waals surface area contributed by atoms with Crippen LogP contribution in [0.4, 0.5) is 11.4 Å². The largest absolute Gasteiger partial charge is 0.378 e. The van der Waals surface area contributed by atoms with Gasteiger partial charge in [-0.1, -0.05) is 12.1 Å². The molecule has 18 heavy (non-hydrogen) atoms. The lowest BCUT2D eigenvalue weighted by atomic mass is 10.2. The lowest BCUT2D eigenvalue weighted by Crippen LogP contribution is -2.12. The van der Waals surface area contributed by atoms with Crippen LogP contribution in [0.1, 0.15) is 5.69 Å². The summed E-state index contributed by atoms with van der Waals surface area (Å²) >= 11 is 0. The Balaban J connectivity index is 2.12. The predicted octanol–water partition coefficient (Wildman–Crippen LogP) is 1.39. The van der Waals surface area contributed by atoms with E-state index in [0.717, 1.165) is 17.6 Å². The average Bonchev–Trinajstić information content (AvgIpc) is 2.79. The summed E-state index contributed by atoms with van der Waals surface area (Å²) in [5.41, 5.74) is 2.17. The summed E-state index contributed by atoms with van der Waals surface area (Å²) in [5.74, 6) is 0. The monoisotopic (exact) mass is 266 g/mol. The summed E-state index contributed by atoms with van der Waals surface area (Å²) in [4.78, 5) is 6.87. The number of nitrogens with zero attached hydrogens (tertiary/aromatic N) is 1. The predicted molar refractivity (Wildman–Crippen MR) is 70.8 cm³/mol. The van der Waals surface area contributed by atoms with Crippen molar-refractivity contribution in [2.75, 3.05) is 16.3 Å². The molecule has 0 atom stereocenters. The fraction of sp³-hybridized carbons (Fsp3) is 0.182. The third-order valence-corrected chi connectivity index (χ3v) is 2.84. The molecule has 1 heterocycles. The second kappa shape index (κ2) is 5.09. The van der Waals surface area contributed by atoms with E-state index in [4.69, 9.17) is 0 Å². The summed E-state index contributed by atoms with van der Waals surface area (Å²) in [5, 5.41) is 3.14. The number of nitrogens with one attached hydrogen (secondary N) is 3. The SMILES string of the molecule is CS(=O)(=O)Nc1ccccc1NCc1cnc[nH]1. The lowest BCUT2D eigenvalue weighted by Gasteiger charge is -2.11. The maximum Gasteiger partial charge on any atom is 0.229 e. The number of aromatic nitrogens is 2. The lowest BCUT2D eigenvalue weighted by molar-refractivity contribution is 0.607. The molecule has 1 aromatic heterocycles. The zero-order valence-corrected chi connectivity index (χ0v) is 10.7. The van der Waals surface area contributed by atoms with Gasteiger partial charge in [0.15, 0.2) is 0 Å². The van der Waals surface area contributed by atoms with Gasteiger partial charge in [0, 0.05) is 6.20 Å². The van der Waals surface area contributed by atoms with E-state index in [-0.39, 0.29) is 0 Å². The molecule has 0 aliphatic carbocycles. The molecule has 0 aliphatic heterocycles. The number of rotatable bonds is 5. The van der Waals surface area contributed by atoms with Crippen molar-refractivity contribution >= 4 is 21.4 Å². The van der Waals surface area contributed by atoms with Crippen LogP contribution in [0, 0.1) is 0 Å². The van der Waals surface area contributed by atoms with Crippen LogP contribution in [0.15, 0.2) is 36.8 Å². The van der Waals surface area contributed by atoms with Crippen LogP contribution in [0.3, 0.4) is 0 Å². The Labute approximate surface area is 106 Å². The second-order valence-electron chi connectivity index (χ2n) is 3.85. The Bertz CT molecular complexity index is 608. The van der Waals surface area contributed by atoms with E-state index in [0.29, 0.717) is 12.2 Å². The van der Waals surface area contributed by atoms with E-state index in [2.05, 4.69) is 20.0 Å². The van der Waals surface area contributed by atoms with Gasteiger partial charge in [-0.15, -0.1) is 0 Å². The number of anilines is 2. The highest BCUT2D eigenvalue weighted by Crippen LogP contribution is 2.22. The average molecular weight is 266 g/mol. The van der Waals surface area contributed by atoms with E-state index < -0.39 is 10.0 Å². The van der Waals surface area contributed by atoms with E-state index in [1.165, 1.54) is 0 Å². The van der Waals surface area contributed by atoms with Crippen molar-refractivity contribution in [1.82, 2.24) is 9.97 Å². The Hall–Kier alpha value is -2.02. The van der Waals surface area contributed by atoms with E-state index >= 15 is 0 Å². The van der Waals surface area contributed by atoms with Crippen LogP contribution in [0.2, 0.25) is 0 Å². The first-order valence-corrected chi connectivity index (χ1v) is 7.22. The highest BCUT2D eigenvalue weighted by atomic mass is 32.2. The highest BCUT2D eigenvalue weighted by molar-refractivity contribution is 7.92. The molecular formula is C11H14N4O2S. The maximum absolute atomic E-state index is 11.2. The number of sulfonamides is 1. The van der Waals surface area contributed by atoms with Gasteiger partial charge in [0.05, 0.1) is 36.2 Å². The number of para-hydroxylation sites is 2. The summed E-state index contributed by atoms with van der Waals surface area (Å²) in [6, 6.07) is 7.12. The van der Waals surface area contributed by atoms with Crippen molar-refractivity contribution in [3.05, 3.63) is 42.5 Å².